The van der Waals surface area contributed by atoms with Gasteiger partial charge in [-0.15, -0.1) is 0 Å². The van der Waals surface area contributed by atoms with Gasteiger partial charge in [-0.05, 0) is 77.0 Å². The predicted molar refractivity (Wildman–Crippen MR) is 130 cm³/mol. The molecule has 1 amide bonds. The number of hydrogen-bond acceptors (Lipinski definition) is 3. The number of anilines is 1. The maximum Gasteiger partial charge on any atom is 0.248 e. The Kier molecular flexibility index (Phi) is 8.41. The van der Waals surface area contributed by atoms with E-state index < -0.39 is 0 Å². The van der Waals surface area contributed by atoms with E-state index in [1.54, 1.807) is 30.3 Å². The molecule has 0 aromatic heterocycles. The van der Waals surface area contributed by atoms with Crippen LogP contribution in [0.5, 0.6) is 11.5 Å². The summed E-state index contributed by atoms with van der Waals surface area (Å²) >= 11 is 15.6. The van der Waals surface area contributed by atoms with Crippen LogP contribution in [0, 0.1) is 0 Å². The third kappa shape index (κ3) is 6.76. The van der Waals surface area contributed by atoms with E-state index in [1.165, 1.54) is 6.08 Å². The highest BCUT2D eigenvalue weighted by Gasteiger charge is 2.13. The number of amides is 1. The van der Waals surface area contributed by atoms with E-state index >= 15 is 0 Å². The number of benzene rings is 3. The van der Waals surface area contributed by atoms with Gasteiger partial charge < -0.3 is 14.8 Å². The van der Waals surface area contributed by atoms with E-state index in [0.29, 0.717) is 44.9 Å². The molecule has 3 aromatic carbocycles. The van der Waals surface area contributed by atoms with Gasteiger partial charge in [0.05, 0.1) is 11.1 Å². The molecule has 0 spiro atoms. The van der Waals surface area contributed by atoms with E-state index in [9.17, 15) is 4.79 Å². The second-order valence-corrected chi connectivity index (χ2v) is 8.17. The van der Waals surface area contributed by atoms with Crippen LogP contribution < -0.4 is 14.8 Å². The van der Waals surface area contributed by atoms with Crippen LogP contribution in [0.25, 0.3) is 6.08 Å². The van der Waals surface area contributed by atoms with Crippen molar-refractivity contribution >= 4 is 56.8 Å². The number of ether oxygens (including phenoxy) is 2. The summed E-state index contributed by atoms with van der Waals surface area (Å²) in [6.07, 6.45) is 3.16. The summed E-state index contributed by atoms with van der Waals surface area (Å²) in [6.45, 7) is 2.67. The minimum atomic E-state index is -0.254. The fourth-order valence-corrected chi connectivity index (χ4v) is 3.63. The predicted octanol–water partition coefficient (Wildman–Crippen LogP) is 7.39. The first-order valence-electron chi connectivity index (χ1n) is 9.53. The van der Waals surface area contributed by atoms with Crippen LogP contribution in [0.1, 0.15) is 18.1 Å². The summed E-state index contributed by atoms with van der Waals surface area (Å²) in [5.74, 6) is 0.890. The molecule has 0 saturated heterocycles. The van der Waals surface area contributed by atoms with Gasteiger partial charge in [0.2, 0.25) is 5.91 Å². The van der Waals surface area contributed by atoms with Crippen LogP contribution in [0.3, 0.4) is 0 Å². The Bertz CT molecular complexity index is 1080. The molecule has 3 rings (SSSR count). The highest BCUT2D eigenvalue weighted by Crippen LogP contribution is 2.38. The van der Waals surface area contributed by atoms with Gasteiger partial charge in [-0.1, -0.05) is 41.4 Å². The molecule has 1 N–H and O–H groups in total. The van der Waals surface area contributed by atoms with Gasteiger partial charge in [0.25, 0.3) is 0 Å². The monoisotopic (exact) mass is 519 g/mol. The molecular weight excluding hydrogens is 501 g/mol. The lowest BCUT2D eigenvalue weighted by Crippen LogP contribution is -2.07. The van der Waals surface area contributed by atoms with Crippen LogP contribution in [0.15, 0.2) is 71.2 Å². The first kappa shape index (κ1) is 23.2. The van der Waals surface area contributed by atoms with Gasteiger partial charge in [0.1, 0.15) is 6.61 Å². The number of carbonyl (C=O) groups excluding carboxylic acids is 1. The molecule has 0 saturated carbocycles. The molecule has 0 aliphatic carbocycles. The van der Waals surface area contributed by atoms with Crippen molar-refractivity contribution < 1.29 is 14.3 Å². The summed E-state index contributed by atoms with van der Waals surface area (Å²) in [6, 6.07) is 18.1. The second-order valence-electron chi connectivity index (χ2n) is 6.47. The number of carbonyl (C=O) groups is 1. The van der Waals surface area contributed by atoms with E-state index in [2.05, 4.69) is 21.2 Å². The normalized spacial score (nSPS) is 10.8. The third-order valence-electron chi connectivity index (χ3n) is 4.20. The first-order chi connectivity index (χ1) is 15.0. The maximum absolute atomic E-state index is 12.2. The zero-order valence-corrected chi connectivity index (χ0v) is 19.8. The molecule has 0 aliphatic rings. The minimum absolute atomic E-state index is 0.254. The van der Waals surface area contributed by atoms with Crippen LogP contribution >= 0.6 is 39.1 Å². The zero-order chi connectivity index (χ0) is 22.2. The highest BCUT2D eigenvalue weighted by molar-refractivity contribution is 9.10. The Balaban J connectivity index is 1.74. The maximum atomic E-state index is 12.2. The lowest BCUT2D eigenvalue weighted by molar-refractivity contribution is -0.111. The molecule has 0 unspecified atom stereocenters. The Morgan fingerprint density at radius 2 is 1.81 bits per heavy atom. The summed E-state index contributed by atoms with van der Waals surface area (Å²) in [4.78, 5) is 12.2. The van der Waals surface area contributed by atoms with Crippen LogP contribution in [0.4, 0.5) is 5.69 Å². The van der Waals surface area contributed by atoms with E-state index in [4.69, 9.17) is 32.7 Å². The van der Waals surface area contributed by atoms with Crippen molar-refractivity contribution in [1.82, 2.24) is 0 Å². The smallest absolute Gasteiger partial charge is 0.248 e. The van der Waals surface area contributed by atoms with Gasteiger partial charge in [-0.2, -0.15) is 0 Å². The molecule has 0 aliphatic heterocycles. The second kappa shape index (κ2) is 11.2. The number of nitrogens with one attached hydrogen (secondary N) is 1. The van der Waals surface area contributed by atoms with Crippen molar-refractivity contribution in [2.75, 3.05) is 11.9 Å². The van der Waals surface area contributed by atoms with Crippen molar-refractivity contribution in [2.45, 2.75) is 13.5 Å². The summed E-state index contributed by atoms with van der Waals surface area (Å²) in [5.41, 5.74) is 2.33. The largest absolute Gasteiger partial charge is 0.490 e. The average molecular weight is 521 g/mol. The van der Waals surface area contributed by atoms with E-state index in [0.717, 1.165) is 11.1 Å². The molecule has 0 bridgehead atoms. The van der Waals surface area contributed by atoms with Crippen molar-refractivity contribution in [1.29, 1.82) is 0 Å². The lowest BCUT2D eigenvalue weighted by atomic mass is 10.1. The van der Waals surface area contributed by atoms with Gasteiger partial charge in [-0.25, -0.2) is 0 Å². The molecule has 31 heavy (non-hydrogen) atoms. The van der Waals surface area contributed by atoms with Crippen LogP contribution in [-0.2, 0) is 11.4 Å². The van der Waals surface area contributed by atoms with Gasteiger partial charge in [-0.3, -0.25) is 4.79 Å². The van der Waals surface area contributed by atoms with Crippen LogP contribution in [0.2, 0.25) is 10.0 Å². The molecule has 7 heteroatoms. The zero-order valence-electron chi connectivity index (χ0n) is 16.7. The number of rotatable bonds is 8. The Hall–Kier alpha value is -2.47. The fraction of sp³-hybridized carbons (Fsp3) is 0.125. The fourth-order valence-electron chi connectivity index (χ4n) is 2.74. The Labute approximate surface area is 199 Å². The van der Waals surface area contributed by atoms with Crippen molar-refractivity contribution in [3.63, 3.8) is 0 Å². The summed E-state index contributed by atoms with van der Waals surface area (Å²) in [7, 11) is 0. The van der Waals surface area contributed by atoms with E-state index in [-0.39, 0.29) is 5.91 Å². The molecule has 0 atom stereocenters. The molecule has 3 aromatic rings. The quantitative estimate of drug-likeness (QED) is 0.315. The average Bonchev–Trinajstić information content (AvgIpc) is 2.75. The third-order valence-corrected chi connectivity index (χ3v) is 5.41. The summed E-state index contributed by atoms with van der Waals surface area (Å²) < 4.78 is 12.5. The Morgan fingerprint density at radius 1 is 1.06 bits per heavy atom. The van der Waals surface area contributed by atoms with Crippen molar-refractivity contribution in [2.24, 2.45) is 0 Å². The topological polar surface area (TPSA) is 47.6 Å². The van der Waals surface area contributed by atoms with Crippen molar-refractivity contribution in [3.8, 4) is 11.5 Å². The highest BCUT2D eigenvalue weighted by atomic mass is 79.9. The first-order valence-corrected chi connectivity index (χ1v) is 11.1. The standard InChI is InChI=1S/C24H20BrCl2NO3/c1-2-30-22-14-16(7-12-23(29)28-19-10-8-18(26)9-11-19)13-20(25)24(22)31-15-17-5-3-4-6-21(17)27/h3-14H,2,15H2,1H3,(H,28,29)/b12-7+. The molecular formula is C24H20BrCl2NO3. The number of hydrogen-bond donors (Lipinski definition) is 1. The van der Waals surface area contributed by atoms with Crippen molar-refractivity contribution in [3.05, 3.63) is 92.4 Å². The lowest BCUT2D eigenvalue weighted by Gasteiger charge is -2.15. The Morgan fingerprint density at radius 3 is 2.52 bits per heavy atom. The molecule has 0 fully saturated rings. The summed E-state index contributed by atoms with van der Waals surface area (Å²) in [5, 5.41) is 4.04. The molecule has 4 nitrogen and oxygen atoms in total. The van der Waals surface area contributed by atoms with E-state index in [1.807, 2.05) is 43.3 Å². The molecule has 160 valence electrons. The van der Waals surface area contributed by atoms with Crippen LogP contribution in [-0.4, -0.2) is 12.5 Å². The molecule has 0 heterocycles. The molecule has 0 radical (unpaired) electrons. The number of halogens is 3. The van der Waals surface area contributed by atoms with Gasteiger partial charge in [0, 0.05) is 27.4 Å². The SMILES string of the molecule is CCOc1cc(/C=C/C(=O)Nc2ccc(Cl)cc2)cc(Br)c1OCc1ccccc1Cl. The minimum Gasteiger partial charge on any atom is -0.490 e. The van der Waals surface area contributed by atoms with Gasteiger partial charge in [0.15, 0.2) is 11.5 Å². The van der Waals surface area contributed by atoms with Gasteiger partial charge >= 0.3 is 0 Å².